The molecule has 2 bridgehead atoms. The maximum atomic E-state index is 13.6. The summed E-state index contributed by atoms with van der Waals surface area (Å²) in [4.78, 5) is 50.1. The number of cyclic esters (lactones) is 1. The van der Waals surface area contributed by atoms with Crippen LogP contribution in [-0.4, -0.2) is 127 Å². The highest BCUT2D eigenvalue weighted by molar-refractivity contribution is 7.47. The van der Waals surface area contributed by atoms with Crippen LogP contribution in [0.4, 0.5) is 0 Å². The topological polar surface area (TPSA) is 267 Å². The highest BCUT2D eigenvalue weighted by Crippen LogP contribution is 2.47. The van der Waals surface area contributed by atoms with Gasteiger partial charge in [-0.15, -0.1) is 0 Å². The molecule has 0 radical (unpaired) electrons. The van der Waals surface area contributed by atoms with Gasteiger partial charge < -0.3 is 50.1 Å². The molecule has 1 aliphatic heterocycles. The average molecular weight is 957 g/mol. The number of aliphatic hydroxyl groups is 7. The Morgan fingerprint density at radius 2 is 1.33 bits per heavy atom. The van der Waals surface area contributed by atoms with Gasteiger partial charge in [0.25, 0.3) is 0 Å². The molecule has 0 amide bonds. The lowest BCUT2D eigenvalue weighted by Gasteiger charge is -2.36. The van der Waals surface area contributed by atoms with Gasteiger partial charge in [0.1, 0.15) is 36.8 Å². The molecule has 2 aliphatic rings. The molecular weight excluding hydrogens is 875 g/mol. The van der Waals surface area contributed by atoms with Crippen LogP contribution in [0.15, 0.2) is 60.8 Å². The van der Waals surface area contributed by atoms with Crippen molar-refractivity contribution in [2.45, 2.75) is 204 Å². The minimum Gasteiger partial charge on any atom is -0.462 e. The van der Waals surface area contributed by atoms with Crippen LogP contribution < -0.4 is 0 Å². The van der Waals surface area contributed by atoms with Crippen LogP contribution in [0.1, 0.15) is 149 Å². The second kappa shape index (κ2) is 34.4. The van der Waals surface area contributed by atoms with Crippen molar-refractivity contribution in [1.82, 2.24) is 0 Å². The lowest BCUT2D eigenvalue weighted by molar-refractivity contribution is -0.166. The zero-order valence-corrected chi connectivity index (χ0v) is 40.1. The Balaban J connectivity index is 2.20. The smallest absolute Gasteiger partial charge is 0.462 e. The first-order chi connectivity index (χ1) is 31.6. The number of hydrogen-bond donors (Lipinski definition) is 8. The molecule has 8 N–H and O–H groups in total. The van der Waals surface area contributed by atoms with E-state index in [0.29, 0.717) is 51.4 Å². The molecule has 1 heterocycles. The largest absolute Gasteiger partial charge is 0.472 e. The van der Waals surface area contributed by atoms with Crippen LogP contribution in [0.2, 0.25) is 0 Å². The minimum atomic E-state index is -5.47. The van der Waals surface area contributed by atoms with Gasteiger partial charge in [-0.3, -0.25) is 23.4 Å². The number of ketones is 1. The van der Waals surface area contributed by atoms with Crippen molar-refractivity contribution in [3.8, 4) is 0 Å². The highest BCUT2D eigenvalue weighted by Gasteiger charge is 2.49. The Morgan fingerprint density at radius 3 is 1.98 bits per heavy atom. The molecule has 378 valence electrons. The summed E-state index contributed by atoms with van der Waals surface area (Å²) in [6.07, 6.45) is 13.2. The van der Waals surface area contributed by atoms with Crippen molar-refractivity contribution >= 4 is 25.5 Å². The van der Waals surface area contributed by atoms with Gasteiger partial charge in [-0.2, -0.15) is 0 Å². The fourth-order valence-corrected chi connectivity index (χ4v) is 8.69. The summed E-state index contributed by atoms with van der Waals surface area (Å²) in [5.74, 6) is -4.98. The molecular formula is C49H81O16P. The quantitative estimate of drug-likeness (QED) is 0.0271. The Labute approximate surface area is 392 Å². The van der Waals surface area contributed by atoms with Gasteiger partial charge in [0.05, 0.1) is 31.0 Å². The Kier molecular flexibility index (Phi) is 30.9. The van der Waals surface area contributed by atoms with Crippen LogP contribution in [0, 0.1) is 11.8 Å². The van der Waals surface area contributed by atoms with E-state index in [-0.39, 0.29) is 19.3 Å². The number of carbonyl (C=O) groups excluding carboxylic acids is 3. The summed E-state index contributed by atoms with van der Waals surface area (Å²) in [6, 6.07) is 0. The van der Waals surface area contributed by atoms with E-state index in [1.54, 1.807) is 0 Å². The first kappa shape index (κ1) is 59.3. The SMILES string of the molecule is CCCCC/C=C\C/C=C\C/C=C\C/C=C\CCCC(=O)O[C@@H]1COC(=O)CCCCCC[C@H]2C(=O)C[C@@H](O)[C@H](/C=C/[C@@H](O)CCCCC)[C@@H](O)[C@@H](O)[C@@H](OP(=O)(O)OC1)[C@H](O)[C@@H](O)[C@@H]2O. The monoisotopic (exact) mass is 957 g/mol. The van der Waals surface area contributed by atoms with Crippen molar-refractivity contribution in [3.05, 3.63) is 60.8 Å². The van der Waals surface area contributed by atoms with E-state index in [1.807, 2.05) is 19.1 Å². The molecule has 16 nitrogen and oxygen atoms in total. The van der Waals surface area contributed by atoms with Gasteiger partial charge in [0.15, 0.2) is 6.10 Å². The normalized spacial score (nSPS) is 31.4. The Hall–Kier alpha value is -2.86. The van der Waals surface area contributed by atoms with Crippen molar-refractivity contribution in [2.24, 2.45) is 11.8 Å². The molecule has 17 heteroatoms. The molecule has 0 aromatic rings. The molecule has 0 aromatic heterocycles. The average Bonchev–Trinajstić information content (AvgIpc) is 3.28. The lowest BCUT2D eigenvalue weighted by Crippen LogP contribution is -2.55. The van der Waals surface area contributed by atoms with E-state index < -0.39 is 112 Å². The predicted molar refractivity (Wildman–Crippen MR) is 250 cm³/mol. The predicted octanol–water partition coefficient (Wildman–Crippen LogP) is 6.31. The van der Waals surface area contributed by atoms with Crippen LogP contribution in [-0.2, 0) is 37.5 Å². The summed E-state index contributed by atoms with van der Waals surface area (Å²) in [5.41, 5.74) is 0. The van der Waals surface area contributed by atoms with Crippen molar-refractivity contribution < 1.29 is 78.1 Å². The lowest BCUT2D eigenvalue weighted by atomic mass is 9.83. The molecule has 0 aromatic carbocycles. The number of aliphatic hydroxyl groups excluding tert-OH is 7. The summed E-state index contributed by atoms with van der Waals surface area (Å²) in [7, 11) is -5.47. The summed E-state index contributed by atoms with van der Waals surface area (Å²) in [6.45, 7) is 2.74. The van der Waals surface area contributed by atoms with Crippen molar-refractivity contribution in [2.75, 3.05) is 13.2 Å². The maximum Gasteiger partial charge on any atom is 0.472 e. The van der Waals surface area contributed by atoms with E-state index in [9.17, 15) is 59.6 Å². The molecule has 2 rings (SSSR count). The van der Waals surface area contributed by atoms with Gasteiger partial charge in [0.2, 0.25) is 0 Å². The fourth-order valence-electron chi connectivity index (χ4n) is 7.72. The van der Waals surface area contributed by atoms with E-state index >= 15 is 0 Å². The van der Waals surface area contributed by atoms with Crippen LogP contribution >= 0.6 is 7.82 Å². The number of unbranched alkanes of at least 4 members (excludes halogenated alkanes) is 6. The molecule has 1 saturated heterocycles. The van der Waals surface area contributed by atoms with E-state index in [1.165, 1.54) is 31.4 Å². The first-order valence-electron chi connectivity index (χ1n) is 24.2. The zero-order valence-electron chi connectivity index (χ0n) is 39.2. The van der Waals surface area contributed by atoms with Crippen molar-refractivity contribution in [1.29, 1.82) is 0 Å². The molecule has 2 fully saturated rings. The first-order valence-corrected chi connectivity index (χ1v) is 25.7. The summed E-state index contributed by atoms with van der Waals surface area (Å²) in [5, 5.41) is 78.7. The number of fused-ring (bicyclic) bond motifs is 4. The molecule has 1 aliphatic carbocycles. The molecule has 1 saturated carbocycles. The highest BCUT2D eigenvalue weighted by atomic mass is 31.2. The van der Waals surface area contributed by atoms with Gasteiger partial charge in [0, 0.05) is 31.1 Å². The molecule has 0 spiro atoms. The Morgan fingerprint density at radius 1 is 0.742 bits per heavy atom. The number of phosphoric ester groups is 1. The number of esters is 2. The standard InChI is InChI=1S/C49H81O16P/c1-3-5-7-8-9-10-11-12-13-14-15-16-17-18-19-20-26-30-43(54)64-37-34-62-42(53)29-25-22-21-24-28-38-40(51)33-41(52)39(32-31-36(50)27-23-6-4-2)45(56)47(58)49(48(59)46(57)44(38)55)65-66(60,61)63-35-37/h9-10,12-13,15-16,18-19,31-32,36-39,41,44-50,52,55-59H,3-8,11,14,17,20-30,33-35H2,1-2H3,(H,60,61)/b10-9-,13-12-,16-15-,19-18-,32-31+/t36-,37+,38-,39-,41+,44+,45+,46-,47+,48+,49+/m0/s1. The molecule has 66 heavy (non-hydrogen) atoms. The second-order valence-electron chi connectivity index (χ2n) is 17.4. The minimum absolute atomic E-state index is 0.0234. The van der Waals surface area contributed by atoms with E-state index in [0.717, 1.165) is 38.5 Å². The van der Waals surface area contributed by atoms with Gasteiger partial charge >= 0.3 is 19.8 Å². The molecule has 1 unspecified atom stereocenters. The molecule has 12 atom stereocenters. The summed E-state index contributed by atoms with van der Waals surface area (Å²) < 4.78 is 34.7. The van der Waals surface area contributed by atoms with Gasteiger partial charge in [-0.25, -0.2) is 4.57 Å². The number of carbonyl (C=O) groups is 3. The number of ether oxygens (including phenoxy) is 2. The van der Waals surface area contributed by atoms with Gasteiger partial charge in [-0.1, -0.05) is 126 Å². The number of rotatable bonds is 21. The van der Waals surface area contributed by atoms with Gasteiger partial charge in [-0.05, 0) is 64.2 Å². The number of Topliss-reactive ketones (excluding diaryl/α,β-unsaturated/α-hetero) is 1. The Bertz CT molecular complexity index is 1560. The third-order valence-electron chi connectivity index (χ3n) is 11.7. The fraction of sp³-hybridized carbons (Fsp3) is 0.735. The zero-order chi connectivity index (χ0) is 48.7. The van der Waals surface area contributed by atoms with E-state index in [2.05, 4.69) is 43.4 Å². The van der Waals surface area contributed by atoms with Crippen LogP contribution in [0.5, 0.6) is 0 Å². The second-order valence-corrected chi connectivity index (χ2v) is 18.8. The number of allylic oxidation sites excluding steroid dienone is 8. The summed E-state index contributed by atoms with van der Waals surface area (Å²) >= 11 is 0. The number of hydrogen-bond acceptors (Lipinski definition) is 15. The van der Waals surface area contributed by atoms with Crippen LogP contribution in [0.25, 0.3) is 0 Å². The maximum absolute atomic E-state index is 13.6. The van der Waals surface area contributed by atoms with E-state index in [4.69, 9.17) is 18.5 Å². The van der Waals surface area contributed by atoms with Crippen LogP contribution in [0.3, 0.4) is 0 Å². The number of phosphoric acid groups is 1. The third kappa shape index (κ3) is 24.4. The third-order valence-corrected chi connectivity index (χ3v) is 12.7. The van der Waals surface area contributed by atoms with Crippen molar-refractivity contribution in [3.63, 3.8) is 0 Å².